The van der Waals surface area contributed by atoms with Crippen LogP contribution in [0.3, 0.4) is 0 Å². The normalized spacial score (nSPS) is 14.8. The van der Waals surface area contributed by atoms with Crippen LogP contribution < -0.4 is 16.4 Å². The highest BCUT2D eigenvalue weighted by atomic mass is 16.3. The van der Waals surface area contributed by atoms with Gasteiger partial charge in [-0.25, -0.2) is 9.97 Å². The van der Waals surface area contributed by atoms with E-state index >= 15 is 0 Å². The Hall–Kier alpha value is -3.49. The predicted octanol–water partition coefficient (Wildman–Crippen LogP) is 3.11. The van der Waals surface area contributed by atoms with E-state index in [2.05, 4.69) is 25.5 Å². The maximum absolute atomic E-state index is 12.4. The molecule has 1 fully saturated rings. The molecule has 1 aliphatic rings. The number of hydrogen-bond donors (Lipinski definition) is 4. The molecule has 0 radical (unpaired) electrons. The molecule has 3 aromatic rings. The SMILES string of the molecule is Nc1cccc(Nc2nccc(-c3ccc(NC(=O)CN4CCC(CO)CC4)cc3)n2)c1. The molecule has 1 aliphatic heterocycles. The largest absolute Gasteiger partial charge is 0.399 e. The zero-order chi connectivity index (χ0) is 22.3. The number of piperidine rings is 1. The number of benzene rings is 2. The third-order valence-corrected chi connectivity index (χ3v) is 5.60. The fourth-order valence-corrected chi connectivity index (χ4v) is 3.78. The Balaban J connectivity index is 1.35. The number of amides is 1. The van der Waals surface area contributed by atoms with E-state index in [1.54, 1.807) is 6.20 Å². The minimum Gasteiger partial charge on any atom is -0.399 e. The number of carbonyl (C=O) groups excluding carboxylic acids is 1. The molecule has 2 heterocycles. The van der Waals surface area contributed by atoms with Crippen molar-refractivity contribution in [3.8, 4) is 11.3 Å². The number of aliphatic hydroxyl groups excluding tert-OH is 1. The summed E-state index contributed by atoms with van der Waals surface area (Å²) in [6.45, 7) is 2.29. The molecule has 2 aromatic carbocycles. The summed E-state index contributed by atoms with van der Waals surface area (Å²) in [5, 5.41) is 15.4. The third-order valence-electron chi connectivity index (χ3n) is 5.60. The van der Waals surface area contributed by atoms with Crippen molar-refractivity contribution in [2.75, 3.05) is 42.6 Å². The first-order valence-electron chi connectivity index (χ1n) is 10.8. The molecule has 32 heavy (non-hydrogen) atoms. The number of nitrogens with one attached hydrogen (secondary N) is 2. The topological polar surface area (TPSA) is 116 Å². The van der Waals surface area contributed by atoms with E-state index in [1.807, 2.05) is 54.6 Å². The molecule has 0 aliphatic carbocycles. The van der Waals surface area contributed by atoms with Gasteiger partial charge in [-0.15, -0.1) is 0 Å². The zero-order valence-corrected chi connectivity index (χ0v) is 17.9. The van der Waals surface area contributed by atoms with Crippen molar-refractivity contribution in [2.45, 2.75) is 12.8 Å². The lowest BCUT2D eigenvalue weighted by Crippen LogP contribution is -2.39. The van der Waals surface area contributed by atoms with Crippen LogP contribution in [0.4, 0.5) is 23.0 Å². The Morgan fingerprint density at radius 1 is 1.09 bits per heavy atom. The first-order chi connectivity index (χ1) is 15.6. The number of nitrogen functional groups attached to an aromatic ring is 1. The van der Waals surface area contributed by atoms with Gasteiger partial charge in [-0.05, 0) is 68.2 Å². The number of rotatable bonds is 7. The second-order valence-electron chi connectivity index (χ2n) is 8.04. The Morgan fingerprint density at radius 3 is 2.59 bits per heavy atom. The maximum Gasteiger partial charge on any atom is 0.238 e. The number of anilines is 4. The summed E-state index contributed by atoms with van der Waals surface area (Å²) in [4.78, 5) is 23.4. The van der Waals surface area contributed by atoms with E-state index in [0.717, 1.165) is 48.6 Å². The summed E-state index contributed by atoms with van der Waals surface area (Å²) in [5.74, 6) is 0.816. The van der Waals surface area contributed by atoms with Crippen LogP contribution in [-0.2, 0) is 4.79 Å². The van der Waals surface area contributed by atoms with Gasteiger partial charge in [-0.2, -0.15) is 0 Å². The van der Waals surface area contributed by atoms with E-state index in [9.17, 15) is 9.90 Å². The molecule has 0 atom stereocenters. The van der Waals surface area contributed by atoms with Crippen LogP contribution in [-0.4, -0.2) is 52.1 Å². The molecule has 5 N–H and O–H groups in total. The van der Waals surface area contributed by atoms with Crippen LogP contribution in [0.25, 0.3) is 11.3 Å². The van der Waals surface area contributed by atoms with Gasteiger partial charge in [0.25, 0.3) is 0 Å². The average Bonchev–Trinajstić information content (AvgIpc) is 2.80. The molecule has 8 nitrogen and oxygen atoms in total. The molecule has 1 aromatic heterocycles. The number of nitrogens with two attached hydrogens (primary N) is 1. The van der Waals surface area contributed by atoms with Crippen LogP contribution in [0.1, 0.15) is 12.8 Å². The molecule has 1 amide bonds. The second kappa shape index (κ2) is 10.2. The number of nitrogens with zero attached hydrogens (tertiary/aromatic N) is 3. The lowest BCUT2D eigenvalue weighted by Gasteiger charge is -2.30. The van der Waals surface area contributed by atoms with Crippen LogP contribution in [0, 0.1) is 5.92 Å². The quantitative estimate of drug-likeness (QED) is 0.424. The highest BCUT2D eigenvalue weighted by molar-refractivity contribution is 5.92. The molecule has 1 saturated heterocycles. The number of aromatic nitrogens is 2. The summed E-state index contributed by atoms with van der Waals surface area (Å²) in [5.41, 5.74) is 9.75. The zero-order valence-electron chi connectivity index (χ0n) is 17.9. The second-order valence-corrected chi connectivity index (χ2v) is 8.04. The van der Waals surface area contributed by atoms with Crippen LogP contribution >= 0.6 is 0 Å². The Morgan fingerprint density at radius 2 is 1.88 bits per heavy atom. The van der Waals surface area contributed by atoms with Crippen molar-refractivity contribution in [2.24, 2.45) is 5.92 Å². The lowest BCUT2D eigenvalue weighted by molar-refractivity contribution is -0.117. The summed E-state index contributed by atoms with van der Waals surface area (Å²) in [7, 11) is 0. The fourth-order valence-electron chi connectivity index (χ4n) is 3.78. The van der Waals surface area contributed by atoms with Crippen molar-refractivity contribution in [3.05, 3.63) is 60.8 Å². The summed E-state index contributed by atoms with van der Waals surface area (Å²) < 4.78 is 0. The minimum atomic E-state index is -0.0316. The molecule has 0 saturated carbocycles. The number of likely N-dealkylation sites (tertiary alicyclic amines) is 1. The molecule has 0 bridgehead atoms. The lowest BCUT2D eigenvalue weighted by atomic mass is 9.98. The number of hydrogen-bond acceptors (Lipinski definition) is 7. The van der Waals surface area contributed by atoms with Gasteiger partial charge in [-0.1, -0.05) is 18.2 Å². The van der Waals surface area contributed by atoms with Gasteiger partial charge in [0.05, 0.1) is 12.2 Å². The van der Waals surface area contributed by atoms with Gasteiger partial charge < -0.3 is 21.5 Å². The Bertz CT molecular complexity index is 1050. The third kappa shape index (κ3) is 5.81. The van der Waals surface area contributed by atoms with Gasteiger partial charge in [0.15, 0.2) is 0 Å². The van der Waals surface area contributed by atoms with Crippen LogP contribution in [0.15, 0.2) is 60.8 Å². The number of aliphatic hydroxyl groups is 1. The molecule has 166 valence electrons. The van der Waals surface area contributed by atoms with Gasteiger partial charge in [0.1, 0.15) is 0 Å². The summed E-state index contributed by atoms with van der Waals surface area (Å²) in [6.07, 6.45) is 3.57. The Labute approximate surface area is 187 Å². The standard InChI is InChI=1S/C24H28N6O2/c25-19-2-1-3-21(14-19)28-24-26-11-8-22(29-24)18-4-6-20(7-5-18)27-23(32)15-30-12-9-17(16-31)10-13-30/h1-8,11,14,17,31H,9-10,12-13,15-16,25H2,(H,27,32)(H,26,28,29). The van der Waals surface area contributed by atoms with E-state index in [-0.39, 0.29) is 12.5 Å². The van der Waals surface area contributed by atoms with Crippen LogP contribution in [0.5, 0.6) is 0 Å². The molecule has 0 spiro atoms. The van der Waals surface area contributed by atoms with Gasteiger partial charge in [-0.3, -0.25) is 9.69 Å². The summed E-state index contributed by atoms with van der Waals surface area (Å²) >= 11 is 0. The van der Waals surface area contributed by atoms with E-state index < -0.39 is 0 Å². The van der Waals surface area contributed by atoms with Gasteiger partial charge in [0.2, 0.25) is 11.9 Å². The van der Waals surface area contributed by atoms with Gasteiger partial charge in [0, 0.05) is 35.4 Å². The van der Waals surface area contributed by atoms with Crippen LogP contribution in [0.2, 0.25) is 0 Å². The molecule has 8 heteroatoms. The smallest absolute Gasteiger partial charge is 0.238 e. The monoisotopic (exact) mass is 432 g/mol. The van der Waals surface area contributed by atoms with E-state index in [1.165, 1.54) is 0 Å². The van der Waals surface area contributed by atoms with Gasteiger partial charge >= 0.3 is 0 Å². The molecular weight excluding hydrogens is 404 g/mol. The van der Waals surface area contributed by atoms with Crippen molar-refractivity contribution < 1.29 is 9.90 Å². The first kappa shape index (κ1) is 21.7. The fraction of sp³-hybridized carbons (Fsp3) is 0.292. The van der Waals surface area contributed by atoms with E-state index in [0.29, 0.717) is 24.1 Å². The molecular formula is C24H28N6O2. The average molecular weight is 433 g/mol. The molecule has 4 rings (SSSR count). The highest BCUT2D eigenvalue weighted by Gasteiger charge is 2.20. The maximum atomic E-state index is 12.4. The minimum absolute atomic E-state index is 0.0316. The van der Waals surface area contributed by atoms with Crippen molar-refractivity contribution >= 4 is 28.9 Å². The predicted molar refractivity (Wildman–Crippen MR) is 126 cm³/mol. The molecule has 0 unspecified atom stereocenters. The Kier molecular flexibility index (Phi) is 6.94. The van der Waals surface area contributed by atoms with E-state index in [4.69, 9.17) is 5.73 Å². The van der Waals surface area contributed by atoms with Crippen molar-refractivity contribution in [3.63, 3.8) is 0 Å². The first-order valence-corrected chi connectivity index (χ1v) is 10.8. The highest BCUT2D eigenvalue weighted by Crippen LogP contribution is 2.22. The number of carbonyl (C=O) groups is 1. The van der Waals surface area contributed by atoms with Crippen molar-refractivity contribution in [1.29, 1.82) is 0 Å². The summed E-state index contributed by atoms with van der Waals surface area (Å²) in [6, 6.07) is 16.9. The van der Waals surface area contributed by atoms with Crippen molar-refractivity contribution in [1.82, 2.24) is 14.9 Å².